The van der Waals surface area contributed by atoms with Crippen LogP contribution < -0.4 is 0 Å². The second-order valence-corrected chi connectivity index (χ2v) is 7.50. The lowest BCUT2D eigenvalue weighted by Gasteiger charge is -2.20. The molecule has 3 aromatic carbocycles. The predicted octanol–water partition coefficient (Wildman–Crippen LogP) is 5.67. The van der Waals surface area contributed by atoms with Crippen LogP contribution in [0.1, 0.15) is 27.2 Å². The number of hydrogen-bond acceptors (Lipinski definition) is 1. The van der Waals surface area contributed by atoms with Crippen LogP contribution in [0.25, 0.3) is 22.4 Å². The molecular formula is C26H21NO2. The van der Waals surface area contributed by atoms with Crippen molar-refractivity contribution >= 4 is 5.97 Å². The van der Waals surface area contributed by atoms with E-state index >= 15 is 0 Å². The maximum Gasteiger partial charge on any atom is 0.335 e. The van der Waals surface area contributed by atoms with E-state index in [0.29, 0.717) is 5.56 Å². The van der Waals surface area contributed by atoms with Gasteiger partial charge >= 0.3 is 5.97 Å². The molecule has 0 amide bonds. The number of aromatic carboxylic acids is 1. The molecule has 0 aliphatic heterocycles. The predicted molar refractivity (Wildman–Crippen MR) is 115 cm³/mol. The third-order valence-electron chi connectivity index (χ3n) is 5.76. The molecule has 1 heterocycles. The zero-order valence-corrected chi connectivity index (χ0v) is 16.0. The number of aryl methyl sites for hydroxylation is 1. The second-order valence-electron chi connectivity index (χ2n) is 7.50. The largest absolute Gasteiger partial charge is 0.478 e. The Morgan fingerprint density at radius 3 is 2.31 bits per heavy atom. The van der Waals surface area contributed by atoms with Crippen LogP contribution in [0.3, 0.4) is 0 Å². The molecule has 3 heteroatoms. The van der Waals surface area contributed by atoms with Gasteiger partial charge in [0.25, 0.3) is 0 Å². The lowest BCUT2D eigenvalue weighted by atomic mass is 9.90. The summed E-state index contributed by atoms with van der Waals surface area (Å²) in [5.74, 6) is -0.892. The summed E-state index contributed by atoms with van der Waals surface area (Å²) in [5, 5.41) is 9.17. The minimum Gasteiger partial charge on any atom is -0.478 e. The number of carboxylic acids is 1. The third kappa shape index (κ3) is 3.15. The van der Waals surface area contributed by atoms with Gasteiger partial charge in [-0.3, -0.25) is 0 Å². The van der Waals surface area contributed by atoms with Crippen LogP contribution in [0.15, 0.2) is 84.9 Å². The summed E-state index contributed by atoms with van der Waals surface area (Å²) < 4.78 is 2.40. The van der Waals surface area contributed by atoms with Crippen molar-refractivity contribution in [3.8, 4) is 22.4 Å². The van der Waals surface area contributed by atoms with E-state index in [9.17, 15) is 9.90 Å². The fourth-order valence-corrected chi connectivity index (χ4v) is 4.31. The van der Waals surface area contributed by atoms with E-state index in [1.807, 2.05) is 18.2 Å². The number of carbonyl (C=O) groups is 1. The molecule has 142 valence electrons. The van der Waals surface area contributed by atoms with Gasteiger partial charge in [-0.2, -0.15) is 0 Å². The molecular weight excluding hydrogens is 358 g/mol. The van der Waals surface area contributed by atoms with Crippen LogP contribution >= 0.6 is 0 Å². The lowest BCUT2D eigenvalue weighted by molar-refractivity contribution is 0.0697. The molecule has 0 spiro atoms. The summed E-state index contributed by atoms with van der Waals surface area (Å²) in [5.41, 5.74) is 9.22. The molecule has 29 heavy (non-hydrogen) atoms. The normalized spacial score (nSPS) is 12.3. The Morgan fingerprint density at radius 1 is 0.828 bits per heavy atom. The Balaban J connectivity index is 1.64. The highest BCUT2D eigenvalue weighted by molar-refractivity contribution is 5.87. The summed E-state index contributed by atoms with van der Waals surface area (Å²) in [6.45, 7) is 0.724. The van der Waals surface area contributed by atoms with E-state index in [1.165, 1.54) is 33.6 Å². The Bertz CT molecular complexity index is 1190. The Labute approximate surface area is 169 Å². The number of nitrogens with zero attached hydrogens (tertiary/aromatic N) is 1. The summed E-state index contributed by atoms with van der Waals surface area (Å²) in [7, 11) is 0. The van der Waals surface area contributed by atoms with E-state index in [-0.39, 0.29) is 0 Å². The van der Waals surface area contributed by atoms with Gasteiger partial charge in [0.1, 0.15) is 0 Å². The van der Waals surface area contributed by atoms with Gasteiger partial charge in [-0.1, -0.05) is 66.7 Å². The maximum absolute atomic E-state index is 11.2. The molecule has 1 aliphatic carbocycles. The summed E-state index contributed by atoms with van der Waals surface area (Å²) in [6, 6.07) is 28.7. The van der Waals surface area contributed by atoms with E-state index in [4.69, 9.17) is 0 Å². The molecule has 0 saturated heterocycles. The van der Waals surface area contributed by atoms with Gasteiger partial charge in [0.05, 0.1) is 5.56 Å². The van der Waals surface area contributed by atoms with Crippen LogP contribution in [-0.2, 0) is 19.4 Å². The molecule has 1 aromatic heterocycles. The minimum atomic E-state index is -0.892. The Hall–Kier alpha value is -3.59. The van der Waals surface area contributed by atoms with Crippen molar-refractivity contribution in [1.82, 2.24) is 4.57 Å². The quantitative estimate of drug-likeness (QED) is 0.497. The molecule has 5 rings (SSSR count). The van der Waals surface area contributed by atoms with Crippen molar-refractivity contribution in [1.29, 1.82) is 0 Å². The first-order valence-corrected chi connectivity index (χ1v) is 9.89. The first-order chi connectivity index (χ1) is 14.2. The first kappa shape index (κ1) is 17.5. The van der Waals surface area contributed by atoms with Gasteiger partial charge in [0.2, 0.25) is 0 Å². The second kappa shape index (κ2) is 7.10. The summed E-state index contributed by atoms with van der Waals surface area (Å²) in [4.78, 5) is 11.2. The third-order valence-corrected chi connectivity index (χ3v) is 5.76. The number of fused-ring (bicyclic) bond motifs is 3. The lowest BCUT2D eigenvalue weighted by Crippen LogP contribution is -2.11. The van der Waals surface area contributed by atoms with E-state index < -0.39 is 5.97 Å². The van der Waals surface area contributed by atoms with Gasteiger partial charge in [-0.05, 0) is 53.3 Å². The molecule has 4 aromatic rings. The molecule has 0 saturated carbocycles. The number of aromatic nitrogens is 1. The number of hydrogen-bond donors (Lipinski definition) is 1. The van der Waals surface area contributed by atoms with E-state index in [0.717, 1.165) is 24.9 Å². The average Bonchev–Trinajstić information content (AvgIpc) is 3.13. The zero-order valence-electron chi connectivity index (χ0n) is 16.0. The molecule has 1 aliphatic rings. The van der Waals surface area contributed by atoms with Gasteiger partial charge in [0.15, 0.2) is 0 Å². The smallest absolute Gasteiger partial charge is 0.335 e. The number of benzene rings is 3. The van der Waals surface area contributed by atoms with Crippen molar-refractivity contribution in [3.05, 3.63) is 107 Å². The monoisotopic (exact) mass is 379 g/mol. The topological polar surface area (TPSA) is 42.2 Å². The minimum absolute atomic E-state index is 0.320. The van der Waals surface area contributed by atoms with Crippen LogP contribution in [0.5, 0.6) is 0 Å². The fraction of sp³-hybridized carbons (Fsp3) is 0.115. The molecule has 1 N–H and O–H groups in total. The molecule has 3 nitrogen and oxygen atoms in total. The van der Waals surface area contributed by atoms with Crippen LogP contribution in [0.4, 0.5) is 0 Å². The van der Waals surface area contributed by atoms with Crippen LogP contribution in [0.2, 0.25) is 0 Å². The molecule has 0 atom stereocenters. The van der Waals surface area contributed by atoms with Crippen molar-refractivity contribution in [2.45, 2.75) is 19.4 Å². The van der Waals surface area contributed by atoms with E-state index in [1.54, 1.807) is 12.1 Å². The molecule has 0 radical (unpaired) electrons. The Kier molecular flexibility index (Phi) is 4.28. The van der Waals surface area contributed by atoms with Gasteiger partial charge in [-0.15, -0.1) is 0 Å². The molecule has 0 bridgehead atoms. The van der Waals surface area contributed by atoms with Gasteiger partial charge in [-0.25, -0.2) is 4.79 Å². The van der Waals surface area contributed by atoms with Crippen LogP contribution in [-0.4, -0.2) is 15.6 Å². The van der Waals surface area contributed by atoms with Crippen LogP contribution in [0, 0.1) is 0 Å². The zero-order chi connectivity index (χ0) is 19.8. The highest BCUT2D eigenvalue weighted by atomic mass is 16.4. The van der Waals surface area contributed by atoms with E-state index in [2.05, 4.69) is 59.2 Å². The Morgan fingerprint density at radius 2 is 1.55 bits per heavy atom. The summed E-state index contributed by atoms with van der Waals surface area (Å²) in [6.07, 6.45) is 2.05. The fourth-order valence-electron chi connectivity index (χ4n) is 4.31. The van der Waals surface area contributed by atoms with Crippen molar-refractivity contribution in [2.24, 2.45) is 0 Å². The summed E-state index contributed by atoms with van der Waals surface area (Å²) >= 11 is 0. The average molecular weight is 379 g/mol. The maximum atomic E-state index is 11.2. The number of rotatable bonds is 4. The van der Waals surface area contributed by atoms with Gasteiger partial charge < -0.3 is 9.67 Å². The SMILES string of the molecule is O=C(O)c1ccc(Cn2c(-c3ccccc3)cc3c2CCc2ccccc2-3)cc1. The highest BCUT2D eigenvalue weighted by Crippen LogP contribution is 2.39. The van der Waals surface area contributed by atoms with Crippen molar-refractivity contribution in [3.63, 3.8) is 0 Å². The molecule has 0 unspecified atom stereocenters. The van der Waals surface area contributed by atoms with Crippen molar-refractivity contribution < 1.29 is 9.90 Å². The molecule has 0 fully saturated rings. The first-order valence-electron chi connectivity index (χ1n) is 9.89. The van der Waals surface area contributed by atoms with Gasteiger partial charge in [0, 0.05) is 23.5 Å². The standard InChI is InChI=1S/C26H21NO2/c28-26(29)21-12-10-18(11-13-21)17-27-24-15-14-19-6-4-5-9-22(19)23(24)16-25(27)20-7-2-1-3-8-20/h1-13,16H,14-15,17H2,(H,28,29). The highest BCUT2D eigenvalue weighted by Gasteiger charge is 2.23. The number of carboxylic acid groups (broad SMARTS) is 1. The van der Waals surface area contributed by atoms with Crippen molar-refractivity contribution in [2.75, 3.05) is 0 Å².